The van der Waals surface area contributed by atoms with Crippen molar-refractivity contribution < 1.29 is 9.53 Å². The van der Waals surface area contributed by atoms with E-state index in [4.69, 9.17) is 16.3 Å². The largest absolute Gasteiger partial charge is 0.469 e. The van der Waals surface area contributed by atoms with Gasteiger partial charge in [-0.1, -0.05) is 60.1 Å². The summed E-state index contributed by atoms with van der Waals surface area (Å²) in [6.07, 6.45) is 0.243. The smallest absolute Gasteiger partial charge is 0.307 e. The van der Waals surface area contributed by atoms with Crippen molar-refractivity contribution in [2.24, 2.45) is 0 Å². The van der Waals surface area contributed by atoms with E-state index in [-0.39, 0.29) is 18.4 Å². The Kier molecular flexibility index (Phi) is 5.78. The van der Waals surface area contributed by atoms with Crippen LogP contribution in [0.25, 0.3) is 0 Å². The molecule has 3 nitrogen and oxygen atoms in total. The molecule has 0 bridgehead atoms. The molecule has 21 heavy (non-hydrogen) atoms. The van der Waals surface area contributed by atoms with Crippen LogP contribution in [0.5, 0.6) is 0 Å². The fourth-order valence-electron chi connectivity index (χ4n) is 2.14. The van der Waals surface area contributed by atoms with Crippen molar-refractivity contribution in [3.8, 4) is 0 Å². The molecule has 0 aliphatic carbocycles. The Bertz CT molecular complexity index is 586. The SMILES string of the molecule is COC(=O)CC(NCc1ccccc1)c1ccccc1Cl. The summed E-state index contributed by atoms with van der Waals surface area (Å²) in [5.41, 5.74) is 2.06. The third-order valence-corrected chi connectivity index (χ3v) is 3.62. The summed E-state index contributed by atoms with van der Waals surface area (Å²) in [4.78, 5) is 11.6. The van der Waals surface area contributed by atoms with Crippen LogP contribution in [-0.2, 0) is 16.1 Å². The molecule has 0 saturated carbocycles. The van der Waals surface area contributed by atoms with Gasteiger partial charge in [-0.15, -0.1) is 0 Å². The number of carbonyl (C=O) groups excluding carboxylic acids is 1. The molecule has 110 valence electrons. The van der Waals surface area contributed by atoms with Crippen molar-refractivity contribution in [1.82, 2.24) is 5.32 Å². The predicted octanol–water partition coefficient (Wildman–Crippen LogP) is 3.73. The van der Waals surface area contributed by atoms with Gasteiger partial charge in [-0.3, -0.25) is 4.79 Å². The van der Waals surface area contributed by atoms with Gasteiger partial charge in [0.25, 0.3) is 0 Å². The lowest BCUT2D eigenvalue weighted by Crippen LogP contribution is -2.24. The van der Waals surface area contributed by atoms with E-state index in [9.17, 15) is 4.79 Å². The maximum Gasteiger partial charge on any atom is 0.307 e. The number of halogens is 1. The van der Waals surface area contributed by atoms with E-state index in [0.29, 0.717) is 11.6 Å². The number of hydrogen-bond donors (Lipinski definition) is 1. The van der Waals surface area contributed by atoms with Crippen molar-refractivity contribution >= 4 is 17.6 Å². The second-order valence-corrected chi connectivity index (χ2v) is 5.13. The Morgan fingerprint density at radius 2 is 1.81 bits per heavy atom. The Morgan fingerprint density at radius 3 is 2.48 bits per heavy atom. The molecule has 2 rings (SSSR count). The normalized spacial score (nSPS) is 11.9. The van der Waals surface area contributed by atoms with E-state index < -0.39 is 0 Å². The first-order chi connectivity index (χ1) is 10.2. The van der Waals surface area contributed by atoms with Crippen LogP contribution in [0.2, 0.25) is 5.02 Å². The van der Waals surface area contributed by atoms with Crippen LogP contribution >= 0.6 is 11.6 Å². The fraction of sp³-hybridized carbons (Fsp3) is 0.235. The minimum atomic E-state index is -0.263. The van der Waals surface area contributed by atoms with Crippen LogP contribution in [-0.4, -0.2) is 13.1 Å². The molecular weight excluding hydrogens is 286 g/mol. The van der Waals surface area contributed by atoms with E-state index in [2.05, 4.69) is 5.32 Å². The summed E-state index contributed by atoms with van der Waals surface area (Å²) >= 11 is 6.24. The highest BCUT2D eigenvalue weighted by molar-refractivity contribution is 6.31. The van der Waals surface area contributed by atoms with Crippen LogP contribution in [0.3, 0.4) is 0 Å². The lowest BCUT2D eigenvalue weighted by molar-refractivity contribution is -0.141. The number of esters is 1. The third kappa shape index (κ3) is 4.59. The maximum absolute atomic E-state index is 11.6. The topological polar surface area (TPSA) is 38.3 Å². The average molecular weight is 304 g/mol. The summed E-state index contributed by atoms with van der Waals surface area (Å²) in [7, 11) is 1.39. The van der Waals surface area contributed by atoms with Gasteiger partial charge in [-0.25, -0.2) is 0 Å². The molecule has 0 amide bonds. The summed E-state index contributed by atoms with van der Waals surface area (Å²) < 4.78 is 4.77. The van der Waals surface area contributed by atoms with Crippen LogP contribution in [0.1, 0.15) is 23.6 Å². The first kappa shape index (κ1) is 15.5. The van der Waals surface area contributed by atoms with Crippen molar-refractivity contribution in [2.45, 2.75) is 19.0 Å². The fourth-order valence-corrected chi connectivity index (χ4v) is 2.40. The number of rotatable bonds is 6. The van der Waals surface area contributed by atoms with E-state index in [1.54, 1.807) is 0 Å². The molecule has 0 fully saturated rings. The summed E-state index contributed by atoms with van der Waals surface area (Å²) in [5.74, 6) is -0.263. The number of methoxy groups -OCH3 is 1. The Balaban J connectivity index is 2.12. The molecule has 0 radical (unpaired) electrons. The van der Waals surface area contributed by atoms with Crippen molar-refractivity contribution in [2.75, 3.05) is 7.11 Å². The van der Waals surface area contributed by atoms with Gasteiger partial charge in [0.1, 0.15) is 0 Å². The number of carbonyl (C=O) groups is 1. The second-order valence-electron chi connectivity index (χ2n) is 4.72. The monoisotopic (exact) mass is 303 g/mol. The summed E-state index contributed by atoms with van der Waals surface area (Å²) in [5, 5.41) is 4.02. The van der Waals surface area contributed by atoms with Crippen molar-refractivity contribution in [3.05, 3.63) is 70.7 Å². The highest BCUT2D eigenvalue weighted by Gasteiger charge is 2.18. The quantitative estimate of drug-likeness (QED) is 0.826. The molecule has 0 aliphatic rings. The summed E-state index contributed by atoms with van der Waals surface area (Å²) in [6.45, 7) is 0.660. The van der Waals surface area contributed by atoms with E-state index >= 15 is 0 Å². The molecule has 2 aromatic carbocycles. The molecule has 1 atom stereocenters. The molecule has 0 aliphatic heterocycles. The number of ether oxygens (including phenoxy) is 1. The molecule has 4 heteroatoms. The van der Waals surface area contributed by atoms with Crippen LogP contribution in [0.4, 0.5) is 0 Å². The molecule has 0 aromatic heterocycles. The minimum Gasteiger partial charge on any atom is -0.469 e. The van der Waals surface area contributed by atoms with Crippen LogP contribution < -0.4 is 5.32 Å². The van der Waals surface area contributed by atoms with Crippen LogP contribution in [0, 0.1) is 0 Å². The van der Waals surface area contributed by atoms with Gasteiger partial charge in [0, 0.05) is 17.6 Å². The second kappa shape index (κ2) is 7.81. The number of benzene rings is 2. The van der Waals surface area contributed by atoms with Gasteiger partial charge < -0.3 is 10.1 Å². The molecular formula is C17H18ClNO2. The van der Waals surface area contributed by atoms with Gasteiger partial charge in [0.2, 0.25) is 0 Å². The Hall–Kier alpha value is -1.84. The van der Waals surface area contributed by atoms with Crippen molar-refractivity contribution in [3.63, 3.8) is 0 Å². The van der Waals surface area contributed by atoms with Gasteiger partial charge in [-0.2, -0.15) is 0 Å². The van der Waals surface area contributed by atoms with Gasteiger partial charge in [0.05, 0.1) is 13.5 Å². The average Bonchev–Trinajstić information content (AvgIpc) is 2.53. The Labute approximate surface area is 129 Å². The van der Waals surface area contributed by atoms with E-state index in [1.807, 2.05) is 54.6 Å². The zero-order chi connectivity index (χ0) is 15.1. The Morgan fingerprint density at radius 1 is 1.14 bits per heavy atom. The molecule has 0 saturated heterocycles. The highest BCUT2D eigenvalue weighted by Crippen LogP contribution is 2.25. The minimum absolute atomic E-state index is 0.175. The predicted molar refractivity (Wildman–Crippen MR) is 84.1 cm³/mol. The lowest BCUT2D eigenvalue weighted by Gasteiger charge is -2.19. The molecule has 1 N–H and O–H groups in total. The zero-order valence-electron chi connectivity index (χ0n) is 11.9. The molecule has 0 spiro atoms. The van der Waals surface area contributed by atoms with Gasteiger partial charge >= 0.3 is 5.97 Å². The zero-order valence-corrected chi connectivity index (χ0v) is 12.6. The van der Waals surface area contributed by atoms with Gasteiger partial charge in [-0.05, 0) is 17.2 Å². The number of nitrogens with one attached hydrogen (secondary N) is 1. The first-order valence-corrected chi connectivity index (χ1v) is 7.17. The van der Waals surface area contributed by atoms with Gasteiger partial charge in [0.15, 0.2) is 0 Å². The number of hydrogen-bond acceptors (Lipinski definition) is 3. The molecule has 0 heterocycles. The summed E-state index contributed by atoms with van der Waals surface area (Å²) in [6, 6.07) is 17.4. The van der Waals surface area contributed by atoms with Crippen molar-refractivity contribution in [1.29, 1.82) is 0 Å². The maximum atomic E-state index is 11.6. The molecule has 1 unspecified atom stereocenters. The van der Waals surface area contributed by atoms with E-state index in [0.717, 1.165) is 11.1 Å². The first-order valence-electron chi connectivity index (χ1n) is 6.79. The highest BCUT2D eigenvalue weighted by atomic mass is 35.5. The third-order valence-electron chi connectivity index (χ3n) is 3.27. The standard InChI is InChI=1S/C17H18ClNO2/c1-21-17(20)11-16(14-9-5-6-10-15(14)18)19-12-13-7-3-2-4-8-13/h2-10,16,19H,11-12H2,1H3. The lowest BCUT2D eigenvalue weighted by atomic mass is 10.0. The van der Waals surface area contributed by atoms with E-state index in [1.165, 1.54) is 7.11 Å². The molecule has 2 aromatic rings. The van der Waals surface area contributed by atoms with Crippen LogP contribution in [0.15, 0.2) is 54.6 Å².